The molecule has 2 aromatic rings. The molecule has 2 aliphatic heterocycles. The molecule has 5 rings (SSSR count). The minimum Gasteiger partial charge on any atom is -0.466 e. The standard InChI is InChI=1S/C32H36F7N3O3/c1-5-45-28(43)30-15-23(30)16-41(17-30)25-8-9-42(27(14-25)26-7-6-24(33)10-18(26)2)29(44)40(4)19(3)20-11-21(31(34,35)36)13-22(12-20)32(37,38)39/h6-7,10-13,19,23,25,27H,5,8-9,14-17H2,1-4H3/t19-,23?,25+,27+,30?/m0/s1. The van der Waals surface area contributed by atoms with Crippen LogP contribution in [0.15, 0.2) is 36.4 Å². The second kappa shape index (κ2) is 11.8. The molecule has 45 heavy (non-hydrogen) atoms. The molecule has 2 aromatic carbocycles. The third-order valence-electron chi connectivity index (χ3n) is 9.76. The van der Waals surface area contributed by atoms with Crippen LogP contribution in [0.3, 0.4) is 0 Å². The van der Waals surface area contributed by atoms with Crippen molar-refractivity contribution < 1.29 is 45.1 Å². The average molecular weight is 644 g/mol. The van der Waals surface area contributed by atoms with Crippen molar-refractivity contribution >= 4 is 12.0 Å². The molecule has 1 saturated carbocycles. The first-order chi connectivity index (χ1) is 21.0. The summed E-state index contributed by atoms with van der Waals surface area (Å²) in [7, 11) is 1.35. The van der Waals surface area contributed by atoms with E-state index in [-0.39, 0.29) is 36.1 Å². The second-order valence-corrected chi connectivity index (χ2v) is 12.5. The SMILES string of the molecule is CCOC(=O)C12CC1CN([C@@H]1CCN(C(=O)N(C)[C@@H](C)c3cc(C(F)(F)F)cc(C(F)(F)F)c3)[C@@H](c3ccc(F)cc3C)C1)C2. The highest BCUT2D eigenvalue weighted by molar-refractivity contribution is 5.81. The van der Waals surface area contributed by atoms with Crippen molar-refractivity contribution in [2.24, 2.45) is 11.3 Å². The quantitative estimate of drug-likeness (QED) is 0.244. The summed E-state index contributed by atoms with van der Waals surface area (Å²) in [6.45, 7) is 6.65. The highest BCUT2D eigenvalue weighted by Crippen LogP contribution is 2.59. The summed E-state index contributed by atoms with van der Waals surface area (Å²) in [6, 6.07) is 3.31. The molecular formula is C32H36F7N3O3. The van der Waals surface area contributed by atoms with E-state index in [1.807, 2.05) is 0 Å². The zero-order valence-corrected chi connectivity index (χ0v) is 25.4. The van der Waals surface area contributed by atoms with Crippen LogP contribution >= 0.6 is 0 Å². The van der Waals surface area contributed by atoms with Crippen LogP contribution in [0.4, 0.5) is 35.5 Å². The maximum Gasteiger partial charge on any atom is 0.416 e. The van der Waals surface area contributed by atoms with Gasteiger partial charge in [0.1, 0.15) is 5.82 Å². The summed E-state index contributed by atoms with van der Waals surface area (Å²) >= 11 is 0. The lowest BCUT2D eigenvalue weighted by Gasteiger charge is -2.45. The number of halogens is 7. The van der Waals surface area contributed by atoms with Crippen LogP contribution in [0.25, 0.3) is 0 Å². The molecule has 3 aliphatic rings. The van der Waals surface area contributed by atoms with E-state index in [4.69, 9.17) is 4.74 Å². The number of ether oxygens (including phenoxy) is 1. The van der Waals surface area contributed by atoms with E-state index < -0.39 is 52.8 Å². The molecule has 0 radical (unpaired) electrons. The van der Waals surface area contributed by atoms with Gasteiger partial charge in [-0.15, -0.1) is 0 Å². The van der Waals surface area contributed by atoms with Gasteiger partial charge in [0.2, 0.25) is 0 Å². The fraction of sp³-hybridized carbons (Fsp3) is 0.562. The van der Waals surface area contributed by atoms with E-state index in [1.165, 1.54) is 26.1 Å². The molecular weight excluding hydrogens is 607 g/mol. The predicted molar refractivity (Wildman–Crippen MR) is 150 cm³/mol. The van der Waals surface area contributed by atoms with E-state index in [0.717, 1.165) is 11.3 Å². The van der Waals surface area contributed by atoms with Gasteiger partial charge < -0.3 is 14.5 Å². The Hall–Kier alpha value is -3.35. The number of benzene rings is 2. The first-order valence-electron chi connectivity index (χ1n) is 15.0. The number of fused-ring (bicyclic) bond motifs is 1. The lowest BCUT2D eigenvalue weighted by atomic mass is 9.88. The molecule has 3 fully saturated rings. The topological polar surface area (TPSA) is 53.1 Å². The lowest BCUT2D eigenvalue weighted by molar-refractivity contribution is -0.150. The van der Waals surface area contributed by atoms with Crippen LogP contribution in [0.1, 0.15) is 73.0 Å². The summed E-state index contributed by atoms with van der Waals surface area (Å²) in [5.74, 6) is -0.452. The highest BCUT2D eigenvalue weighted by Gasteiger charge is 2.66. The van der Waals surface area contributed by atoms with Gasteiger partial charge in [-0.2, -0.15) is 26.3 Å². The minimum absolute atomic E-state index is 0.0110. The molecule has 0 bridgehead atoms. The van der Waals surface area contributed by atoms with Crippen LogP contribution in [-0.2, 0) is 21.9 Å². The highest BCUT2D eigenvalue weighted by atomic mass is 19.4. The number of rotatable bonds is 6. The molecule has 5 atom stereocenters. The largest absolute Gasteiger partial charge is 0.466 e. The van der Waals surface area contributed by atoms with Gasteiger partial charge in [-0.05, 0) is 93.0 Å². The van der Waals surface area contributed by atoms with Gasteiger partial charge in [0.25, 0.3) is 0 Å². The van der Waals surface area contributed by atoms with E-state index in [9.17, 15) is 40.3 Å². The molecule has 0 spiro atoms. The van der Waals surface area contributed by atoms with Gasteiger partial charge in [0.15, 0.2) is 0 Å². The number of piperidine rings is 2. The molecule has 0 aromatic heterocycles. The number of esters is 1. The summed E-state index contributed by atoms with van der Waals surface area (Å²) in [6.07, 6.45) is -8.28. The zero-order valence-electron chi connectivity index (χ0n) is 25.4. The summed E-state index contributed by atoms with van der Waals surface area (Å²) in [5, 5.41) is 0. The molecule has 246 valence electrons. The van der Waals surface area contributed by atoms with Crippen molar-refractivity contribution in [1.29, 1.82) is 0 Å². The van der Waals surface area contributed by atoms with Gasteiger partial charge in [-0.3, -0.25) is 9.69 Å². The Morgan fingerprint density at radius 2 is 1.71 bits per heavy atom. The Bertz CT molecular complexity index is 1430. The number of carbonyl (C=O) groups is 2. The Morgan fingerprint density at radius 1 is 1.07 bits per heavy atom. The number of aryl methyl sites for hydroxylation is 1. The van der Waals surface area contributed by atoms with Crippen LogP contribution in [0, 0.1) is 24.1 Å². The van der Waals surface area contributed by atoms with Crippen molar-refractivity contribution in [3.8, 4) is 0 Å². The number of amides is 2. The van der Waals surface area contributed by atoms with Gasteiger partial charge in [0, 0.05) is 32.7 Å². The second-order valence-electron chi connectivity index (χ2n) is 12.5. The van der Waals surface area contributed by atoms with Crippen LogP contribution in [-0.4, -0.2) is 66.0 Å². The Labute approximate surface area is 257 Å². The molecule has 6 nitrogen and oxygen atoms in total. The monoisotopic (exact) mass is 643 g/mol. The smallest absolute Gasteiger partial charge is 0.416 e. The van der Waals surface area contributed by atoms with Crippen molar-refractivity contribution in [3.63, 3.8) is 0 Å². The molecule has 2 saturated heterocycles. The maximum atomic E-state index is 14.1. The number of nitrogens with zero attached hydrogens (tertiary/aromatic N) is 3. The Balaban J connectivity index is 1.41. The Kier molecular flexibility index (Phi) is 8.65. The maximum absolute atomic E-state index is 14.1. The first kappa shape index (κ1) is 33.0. The van der Waals surface area contributed by atoms with E-state index in [2.05, 4.69) is 4.90 Å². The van der Waals surface area contributed by atoms with Crippen molar-refractivity contribution in [2.75, 3.05) is 33.3 Å². The molecule has 13 heteroatoms. The number of hydrogen-bond acceptors (Lipinski definition) is 4. The van der Waals surface area contributed by atoms with Gasteiger partial charge >= 0.3 is 24.4 Å². The van der Waals surface area contributed by atoms with Crippen molar-refractivity contribution in [3.05, 3.63) is 70.0 Å². The third kappa shape index (κ3) is 6.37. The van der Waals surface area contributed by atoms with Gasteiger partial charge in [-0.1, -0.05) is 6.07 Å². The van der Waals surface area contributed by atoms with Gasteiger partial charge in [-0.25, -0.2) is 9.18 Å². The van der Waals surface area contributed by atoms with E-state index in [0.29, 0.717) is 55.8 Å². The Morgan fingerprint density at radius 3 is 2.29 bits per heavy atom. The first-order valence-corrected chi connectivity index (χ1v) is 15.0. The summed E-state index contributed by atoms with van der Waals surface area (Å²) in [5.41, 5.74) is -2.43. The molecule has 1 aliphatic carbocycles. The molecule has 2 amide bonds. The average Bonchev–Trinajstić information content (AvgIpc) is 3.55. The fourth-order valence-corrected chi connectivity index (χ4v) is 7.02. The summed E-state index contributed by atoms with van der Waals surface area (Å²) in [4.78, 5) is 31.6. The van der Waals surface area contributed by atoms with Crippen molar-refractivity contribution in [2.45, 2.75) is 70.5 Å². The number of carbonyl (C=O) groups excluding carboxylic acids is 2. The van der Waals surface area contributed by atoms with Crippen molar-refractivity contribution in [1.82, 2.24) is 14.7 Å². The van der Waals surface area contributed by atoms with Gasteiger partial charge in [0.05, 0.1) is 35.2 Å². The normalized spacial score (nSPS) is 25.9. The van der Waals surface area contributed by atoms with E-state index >= 15 is 0 Å². The zero-order chi connectivity index (χ0) is 33.1. The van der Waals surface area contributed by atoms with E-state index in [1.54, 1.807) is 24.8 Å². The predicted octanol–water partition coefficient (Wildman–Crippen LogP) is 7.38. The fourth-order valence-electron chi connectivity index (χ4n) is 7.02. The lowest BCUT2D eigenvalue weighted by Crippen LogP contribution is -2.52. The number of likely N-dealkylation sites (tertiary alicyclic amines) is 2. The van der Waals surface area contributed by atoms with Crippen LogP contribution < -0.4 is 0 Å². The van der Waals surface area contributed by atoms with Crippen LogP contribution in [0.2, 0.25) is 0 Å². The minimum atomic E-state index is -5.02. The van der Waals surface area contributed by atoms with Crippen LogP contribution in [0.5, 0.6) is 0 Å². The molecule has 0 N–H and O–H groups in total. The number of urea groups is 1. The third-order valence-corrected chi connectivity index (χ3v) is 9.76. The number of alkyl halides is 6. The number of hydrogen-bond donors (Lipinski definition) is 0. The summed E-state index contributed by atoms with van der Waals surface area (Å²) < 4.78 is 101. The molecule has 2 unspecified atom stereocenters. The molecule has 2 heterocycles.